The van der Waals surface area contributed by atoms with Gasteiger partial charge in [-0.3, -0.25) is 0 Å². The summed E-state index contributed by atoms with van der Waals surface area (Å²) in [5.41, 5.74) is 5.99. The lowest BCUT2D eigenvalue weighted by Crippen LogP contribution is -2.22. The van der Waals surface area contributed by atoms with Gasteiger partial charge < -0.3 is 15.6 Å². The highest BCUT2D eigenvalue weighted by Crippen LogP contribution is 2.12. The van der Waals surface area contributed by atoms with Crippen LogP contribution < -0.4 is 11.1 Å². The van der Waals surface area contributed by atoms with Gasteiger partial charge in [0.05, 0.1) is 0 Å². The third kappa shape index (κ3) is 2.49. The average molecular weight is 176 g/mol. The van der Waals surface area contributed by atoms with E-state index in [4.69, 9.17) is 17.3 Å². The molecule has 62 valence electrons. The number of nitrogens with one attached hydrogen (secondary N) is 1. The number of hydrogen-bond acceptors (Lipinski definition) is 4. The SMILES string of the molecule is NCCNCc1nocc1Cl. The third-order valence-electron chi connectivity index (χ3n) is 1.21. The molecule has 0 atom stereocenters. The minimum absolute atomic E-state index is 0.550. The van der Waals surface area contributed by atoms with Crippen LogP contribution in [0, 0.1) is 0 Å². The average Bonchev–Trinajstić information content (AvgIpc) is 2.37. The zero-order valence-electron chi connectivity index (χ0n) is 6.01. The van der Waals surface area contributed by atoms with E-state index in [-0.39, 0.29) is 0 Å². The van der Waals surface area contributed by atoms with Gasteiger partial charge in [-0.05, 0) is 0 Å². The molecule has 5 heteroatoms. The summed E-state index contributed by atoms with van der Waals surface area (Å²) in [5.74, 6) is 0. The highest BCUT2D eigenvalue weighted by Gasteiger charge is 2.02. The summed E-state index contributed by atoms with van der Waals surface area (Å²) < 4.78 is 4.62. The van der Waals surface area contributed by atoms with Crippen molar-refractivity contribution < 1.29 is 4.52 Å². The molecular formula is C6H10ClN3O. The number of nitrogens with two attached hydrogens (primary N) is 1. The molecule has 1 aromatic heterocycles. The van der Waals surface area contributed by atoms with Crippen molar-refractivity contribution in [1.82, 2.24) is 10.5 Å². The van der Waals surface area contributed by atoms with Gasteiger partial charge in [-0.2, -0.15) is 0 Å². The van der Waals surface area contributed by atoms with Crippen molar-refractivity contribution in [3.05, 3.63) is 17.0 Å². The Bertz CT molecular complexity index is 213. The summed E-state index contributed by atoms with van der Waals surface area (Å²) in [6.07, 6.45) is 1.40. The van der Waals surface area contributed by atoms with E-state index in [1.807, 2.05) is 0 Å². The van der Waals surface area contributed by atoms with Crippen molar-refractivity contribution in [2.24, 2.45) is 5.73 Å². The predicted molar refractivity (Wildman–Crippen MR) is 42.3 cm³/mol. The van der Waals surface area contributed by atoms with E-state index in [2.05, 4.69) is 15.0 Å². The summed E-state index contributed by atoms with van der Waals surface area (Å²) in [6.45, 7) is 1.96. The summed E-state index contributed by atoms with van der Waals surface area (Å²) in [5, 5.41) is 7.27. The van der Waals surface area contributed by atoms with Crippen LogP contribution in [-0.2, 0) is 6.54 Å². The Morgan fingerprint density at radius 2 is 2.55 bits per heavy atom. The molecule has 0 aliphatic heterocycles. The Kier molecular flexibility index (Phi) is 3.35. The molecule has 4 nitrogen and oxygen atoms in total. The molecule has 0 aliphatic carbocycles. The maximum absolute atomic E-state index is 5.69. The zero-order chi connectivity index (χ0) is 8.10. The second-order valence-electron chi connectivity index (χ2n) is 2.07. The molecule has 0 aliphatic rings. The van der Waals surface area contributed by atoms with Gasteiger partial charge >= 0.3 is 0 Å². The van der Waals surface area contributed by atoms with Crippen LogP contribution in [0.2, 0.25) is 5.02 Å². The van der Waals surface area contributed by atoms with E-state index >= 15 is 0 Å². The molecule has 1 aromatic rings. The maximum Gasteiger partial charge on any atom is 0.142 e. The van der Waals surface area contributed by atoms with Gasteiger partial charge in [-0.1, -0.05) is 16.8 Å². The summed E-state index contributed by atoms with van der Waals surface area (Å²) >= 11 is 5.69. The maximum atomic E-state index is 5.69. The molecule has 3 N–H and O–H groups in total. The van der Waals surface area contributed by atoms with Gasteiger partial charge in [0.15, 0.2) is 0 Å². The van der Waals surface area contributed by atoms with Crippen molar-refractivity contribution in [3.8, 4) is 0 Å². The minimum Gasteiger partial charge on any atom is -0.363 e. The van der Waals surface area contributed by atoms with Gasteiger partial charge in [0, 0.05) is 19.6 Å². The lowest BCUT2D eigenvalue weighted by Gasteiger charge is -1.97. The number of hydrogen-bond donors (Lipinski definition) is 2. The predicted octanol–water partition coefficient (Wildman–Crippen LogP) is 0.376. The Labute approximate surface area is 69.7 Å². The van der Waals surface area contributed by atoms with Gasteiger partial charge in [-0.25, -0.2) is 0 Å². The van der Waals surface area contributed by atoms with Gasteiger partial charge in [0.25, 0.3) is 0 Å². The lowest BCUT2D eigenvalue weighted by molar-refractivity contribution is 0.409. The topological polar surface area (TPSA) is 64.1 Å². The Hall–Kier alpha value is -0.580. The molecule has 0 spiro atoms. The summed E-state index contributed by atoms with van der Waals surface area (Å²) in [6, 6.07) is 0. The fourth-order valence-electron chi connectivity index (χ4n) is 0.673. The van der Waals surface area contributed by atoms with Gasteiger partial charge in [0.2, 0.25) is 0 Å². The molecule has 0 radical (unpaired) electrons. The van der Waals surface area contributed by atoms with Crippen LogP contribution in [0.4, 0.5) is 0 Å². The molecule has 0 saturated carbocycles. The molecule has 1 heterocycles. The first-order valence-electron chi connectivity index (χ1n) is 3.34. The second-order valence-corrected chi connectivity index (χ2v) is 2.48. The van der Waals surface area contributed by atoms with Crippen LogP contribution in [-0.4, -0.2) is 18.2 Å². The Morgan fingerprint density at radius 3 is 3.09 bits per heavy atom. The highest BCUT2D eigenvalue weighted by molar-refractivity contribution is 6.31. The van der Waals surface area contributed by atoms with Crippen molar-refractivity contribution in [2.45, 2.75) is 6.54 Å². The van der Waals surface area contributed by atoms with E-state index in [1.54, 1.807) is 0 Å². The summed E-state index contributed by atoms with van der Waals surface area (Å²) in [7, 11) is 0. The molecule has 0 aromatic carbocycles. The molecule has 0 amide bonds. The van der Waals surface area contributed by atoms with E-state index in [9.17, 15) is 0 Å². The molecule has 1 rings (SSSR count). The van der Waals surface area contributed by atoms with Crippen molar-refractivity contribution in [1.29, 1.82) is 0 Å². The normalized spacial score (nSPS) is 10.4. The van der Waals surface area contributed by atoms with E-state index in [0.717, 1.165) is 12.2 Å². The molecule has 0 fully saturated rings. The Balaban J connectivity index is 2.32. The summed E-state index contributed by atoms with van der Waals surface area (Å²) in [4.78, 5) is 0. The van der Waals surface area contributed by atoms with Crippen molar-refractivity contribution in [2.75, 3.05) is 13.1 Å². The van der Waals surface area contributed by atoms with E-state index < -0.39 is 0 Å². The first-order chi connectivity index (χ1) is 5.34. The van der Waals surface area contributed by atoms with Crippen LogP contribution >= 0.6 is 11.6 Å². The number of rotatable bonds is 4. The first kappa shape index (κ1) is 8.52. The number of nitrogens with zero attached hydrogens (tertiary/aromatic N) is 1. The first-order valence-corrected chi connectivity index (χ1v) is 3.72. The standard InChI is InChI=1S/C6H10ClN3O/c7-5-4-11-10-6(5)3-9-2-1-8/h4,9H,1-3,8H2. The smallest absolute Gasteiger partial charge is 0.142 e. The van der Waals surface area contributed by atoms with Crippen LogP contribution in [0.25, 0.3) is 0 Å². The zero-order valence-corrected chi connectivity index (χ0v) is 6.77. The largest absolute Gasteiger partial charge is 0.363 e. The van der Waals surface area contributed by atoms with Crippen molar-refractivity contribution >= 4 is 11.6 Å². The molecular weight excluding hydrogens is 166 g/mol. The molecule has 0 unspecified atom stereocenters. The minimum atomic E-state index is 0.550. The molecule has 0 saturated heterocycles. The van der Waals surface area contributed by atoms with Crippen LogP contribution in [0.3, 0.4) is 0 Å². The number of aromatic nitrogens is 1. The highest BCUT2D eigenvalue weighted by atomic mass is 35.5. The quantitative estimate of drug-likeness (QED) is 0.650. The molecule has 11 heavy (non-hydrogen) atoms. The van der Waals surface area contributed by atoms with E-state index in [1.165, 1.54) is 6.26 Å². The van der Waals surface area contributed by atoms with Crippen LogP contribution in [0.1, 0.15) is 5.69 Å². The molecule has 0 bridgehead atoms. The fourth-order valence-corrected chi connectivity index (χ4v) is 0.815. The van der Waals surface area contributed by atoms with Gasteiger partial charge in [0.1, 0.15) is 17.0 Å². The van der Waals surface area contributed by atoms with Gasteiger partial charge in [-0.15, -0.1) is 0 Å². The Morgan fingerprint density at radius 1 is 1.73 bits per heavy atom. The fraction of sp³-hybridized carbons (Fsp3) is 0.500. The monoisotopic (exact) mass is 175 g/mol. The van der Waals surface area contributed by atoms with Crippen LogP contribution in [0.5, 0.6) is 0 Å². The number of halogens is 1. The second kappa shape index (κ2) is 4.33. The van der Waals surface area contributed by atoms with Crippen molar-refractivity contribution in [3.63, 3.8) is 0 Å². The van der Waals surface area contributed by atoms with E-state index in [0.29, 0.717) is 18.1 Å². The lowest BCUT2D eigenvalue weighted by atomic mass is 10.4. The third-order valence-corrected chi connectivity index (χ3v) is 1.52. The van der Waals surface area contributed by atoms with Crippen LogP contribution in [0.15, 0.2) is 10.8 Å².